The minimum absolute atomic E-state index is 0.0623. The fourth-order valence-electron chi connectivity index (χ4n) is 3.50. The number of anilines is 1. The summed E-state index contributed by atoms with van der Waals surface area (Å²) in [5.41, 5.74) is 2.17. The first-order valence-corrected chi connectivity index (χ1v) is 8.95. The zero-order valence-corrected chi connectivity index (χ0v) is 14.2. The molecule has 0 bridgehead atoms. The summed E-state index contributed by atoms with van der Waals surface area (Å²) in [4.78, 5) is 23.6. The highest BCUT2D eigenvalue weighted by Gasteiger charge is 2.29. The number of aromatic nitrogens is 2. The van der Waals surface area contributed by atoms with Gasteiger partial charge in [-0.1, -0.05) is 11.6 Å². The summed E-state index contributed by atoms with van der Waals surface area (Å²) in [5.74, 6) is 1.96. The lowest BCUT2D eigenvalue weighted by Crippen LogP contribution is -2.43. The first-order chi connectivity index (χ1) is 11.7. The van der Waals surface area contributed by atoms with Crippen LogP contribution >= 0.6 is 0 Å². The molecule has 1 amide bonds. The predicted octanol–water partition coefficient (Wildman–Crippen LogP) is 2.68. The molecule has 2 aliphatic rings. The van der Waals surface area contributed by atoms with E-state index >= 15 is 0 Å². The van der Waals surface area contributed by atoms with Crippen molar-refractivity contribution in [1.82, 2.24) is 15.3 Å². The van der Waals surface area contributed by atoms with Crippen molar-refractivity contribution in [1.29, 1.82) is 0 Å². The van der Waals surface area contributed by atoms with Crippen LogP contribution in [0.1, 0.15) is 31.2 Å². The van der Waals surface area contributed by atoms with Crippen molar-refractivity contribution in [3.8, 4) is 0 Å². The number of carbonyl (C=O) groups is 1. The summed E-state index contributed by atoms with van der Waals surface area (Å²) in [7, 11) is 0. The molecule has 1 saturated heterocycles. The topological polar surface area (TPSA) is 58.1 Å². The van der Waals surface area contributed by atoms with E-state index in [-0.39, 0.29) is 11.8 Å². The third-order valence-electron chi connectivity index (χ3n) is 5.12. The Morgan fingerprint density at radius 1 is 1.29 bits per heavy atom. The van der Waals surface area contributed by atoms with Crippen LogP contribution in [0.2, 0.25) is 0 Å². The second-order valence-electron chi connectivity index (χ2n) is 7.19. The molecule has 1 aromatic heterocycles. The van der Waals surface area contributed by atoms with E-state index in [4.69, 9.17) is 0 Å². The van der Waals surface area contributed by atoms with E-state index in [1.807, 2.05) is 6.07 Å². The normalized spacial score (nSPS) is 21.0. The summed E-state index contributed by atoms with van der Waals surface area (Å²) >= 11 is 0. The predicted molar refractivity (Wildman–Crippen MR) is 94.9 cm³/mol. The molecular formula is C19H24N4O. The lowest BCUT2D eigenvalue weighted by molar-refractivity contribution is -0.125. The number of nitrogens with zero attached hydrogens (tertiary/aromatic N) is 3. The molecule has 1 unspecified atom stereocenters. The number of hydrogen-bond donors (Lipinski definition) is 1. The molecule has 0 radical (unpaired) electrons. The minimum Gasteiger partial charge on any atom is -0.356 e. The average Bonchev–Trinajstić information content (AvgIpc) is 3.43. The van der Waals surface area contributed by atoms with Crippen molar-refractivity contribution in [2.45, 2.75) is 32.6 Å². The number of carbonyl (C=O) groups excluding carboxylic acids is 1. The zero-order chi connectivity index (χ0) is 16.5. The Labute approximate surface area is 142 Å². The van der Waals surface area contributed by atoms with Crippen LogP contribution in [0.3, 0.4) is 0 Å². The second-order valence-corrected chi connectivity index (χ2v) is 7.19. The first kappa shape index (κ1) is 15.4. The number of nitrogens with one attached hydrogen (secondary N) is 1. The molecule has 1 aliphatic carbocycles. The fourth-order valence-corrected chi connectivity index (χ4v) is 3.50. The van der Waals surface area contributed by atoms with E-state index in [1.165, 1.54) is 18.4 Å². The van der Waals surface area contributed by atoms with Crippen LogP contribution in [0.15, 0.2) is 24.5 Å². The van der Waals surface area contributed by atoms with Gasteiger partial charge in [-0.25, -0.2) is 9.97 Å². The molecule has 1 atom stereocenters. The van der Waals surface area contributed by atoms with Crippen LogP contribution in [0.25, 0.3) is 10.9 Å². The van der Waals surface area contributed by atoms with Crippen LogP contribution in [-0.4, -0.2) is 35.5 Å². The maximum atomic E-state index is 12.5. The van der Waals surface area contributed by atoms with Gasteiger partial charge in [0.2, 0.25) is 5.91 Å². The maximum absolute atomic E-state index is 12.5. The largest absolute Gasteiger partial charge is 0.356 e. The monoisotopic (exact) mass is 324 g/mol. The summed E-state index contributed by atoms with van der Waals surface area (Å²) in [5, 5.41) is 4.21. The van der Waals surface area contributed by atoms with Crippen molar-refractivity contribution in [2.24, 2.45) is 11.8 Å². The van der Waals surface area contributed by atoms with E-state index in [2.05, 4.69) is 39.2 Å². The lowest BCUT2D eigenvalue weighted by atomic mass is 9.96. The summed E-state index contributed by atoms with van der Waals surface area (Å²) in [6.45, 7) is 4.63. The van der Waals surface area contributed by atoms with E-state index in [9.17, 15) is 4.79 Å². The van der Waals surface area contributed by atoms with Gasteiger partial charge in [-0.15, -0.1) is 0 Å². The molecule has 2 aromatic rings. The summed E-state index contributed by atoms with van der Waals surface area (Å²) < 4.78 is 0. The van der Waals surface area contributed by atoms with Gasteiger partial charge in [-0.3, -0.25) is 4.79 Å². The molecule has 126 valence electrons. The number of piperidine rings is 1. The van der Waals surface area contributed by atoms with Crippen molar-refractivity contribution in [2.75, 3.05) is 24.5 Å². The fraction of sp³-hybridized carbons (Fsp3) is 0.526. The van der Waals surface area contributed by atoms with E-state index < -0.39 is 0 Å². The Morgan fingerprint density at radius 3 is 3.00 bits per heavy atom. The molecule has 1 aliphatic heterocycles. The van der Waals surface area contributed by atoms with Gasteiger partial charge in [0, 0.05) is 25.0 Å². The highest BCUT2D eigenvalue weighted by molar-refractivity contribution is 5.90. The molecule has 2 fully saturated rings. The lowest BCUT2D eigenvalue weighted by Gasteiger charge is -2.33. The van der Waals surface area contributed by atoms with Crippen molar-refractivity contribution < 1.29 is 4.79 Å². The van der Waals surface area contributed by atoms with E-state index in [0.29, 0.717) is 0 Å². The third kappa shape index (κ3) is 3.21. The van der Waals surface area contributed by atoms with Gasteiger partial charge >= 0.3 is 0 Å². The molecule has 0 spiro atoms. The smallest absolute Gasteiger partial charge is 0.224 e. The second kappa shape index (κ2) is 6.38. The molecular weight excluding hydrogens is 300 g/mol. The van der Waals surface area contributed by atoms with Gasteiger partial charge in [0.05, 0.1) is 11.4 Å². The van der Waals surface area contributed by atoms with Gasteiger partial charge in [-0.2, -0.15) is 0 Å². The van der Waals surface area contributed by atoms with Gasteiger partial charge in [-0.05, 0) is 50.7 Å². The summed E-state index contributed by atoms with van der Waals surface area (Å²) in [6, 6.07) is 6.25. The number of hydrogen-bond acceptors (Lipinski definition) is 4. The SMILES string of the molecule is Cc1ccc2ncnc(N3CCCC(C(=O)NCC4CC4)C3)c2c1. The molecule has 1 saturated carbocycles. The van der Waals surface area contributed by atoms with Crippen LogP contribution < -0.4 is 10.2 Å². The Balaban J connectivity index is 1.53. The molecule has 5 heteroatoms. The molecule has 24 heavy (non-hydrogen) atoms. The standard InChI is InChI=1S/C19H24N4O/c1-13-4-7-17-16(9-13)18(22-12-21-17)23-8-2-3-15(11-23)19(24)20-10-14-5-6-14/h4,7,9,12,14-15H,2-3,5-6,8,10-11H2,1H3,(H,20,24). The van der Waals surface area contributed by atoms with Crippen molar-refractivity contribution in [3.05, 3.63) is 30.1 Å². The number of amides is 1. The highest BCUT2D eigenvalue weighted by atomic mass is 16.1. The van der Waals surface area contributed by atoms with Crippen LogP contribution in [0.4, 0.5) is 5.82 Å². The van der Waals surface area contributed by atoms with E-state index in [1.54, 1.807) is 6.33 Å². The Morgan fingerprint density at radius 2 is 2.17 bits per heavy atom. The quantitative estimate of drug-likeness (QED) is 0.939. The molecule has 5 nitrogen and oxygen atoms in total. The Kier molecular flexibility index (Phi) is 4.08. The Bertz CT molecular complexity index is 756. The van der Waals surface area contributed by atoms with Crippen molar-refractivity contribution >= 4 is 22.6 Å². The number of benzene rings is 1. The molecule has 1 aromatic carbocycles. The molecule has 4 rings (SSSR count). The molecule has 1 N–H and O–H groups in total. The van der Waals surface area contributed by atoms with E-state index in [0.717, 1.165) is 55.1 Å². The average molecular weight is 324 g/mol. The first-order valence-electron chi connectivity index (χ1n) is 8.95. The number of aryl methyl sites for hydroxylation is 1. The minimum atomic E-state index is 0.0623. The summed E-state index contributed by atoms with van der Waals surface area (Å²) in [6.07, 6.45) is 6.16. The van der Waals surface area contributed by atoms with Crippen molar-refractivity contribution in [3.63, 3.8) is 0 Å². The van der Waals surface area contributed by atoms with Gasteiger partial charge in [0.25, 0.3) is 0 Å². The number of rotatable bonds is 4. The zero-order valence-electron chi connectivity index (χ0n) is 14.2. The van der Waals surface area contributed by atoms with Gasteiger partial charge < -0.3 is 10.2 Å². The third-order valence-corrected chi connectivity index (χ3v) is 5.12. The maximum Gasteiger partial charge on any atom is 0.224 e. The highest BCUT2D eigenvalue weighted by Crippen LogP contribution is 2.29. The van der Waals surface area contributed by atoms with Crippen LogP contribution in [-0.2, 0) is 4.79 Å². The van der Waals surface area contributed by atoms with Crippen LogP contribution in [0.5, 0.6) is 0 Å². The Hall–Kier alpha value is -2.17. The van der Waals surface area contributed by atoms with Gasteiger partial charge in [0.15, 0.2) is 0 Å². The van der Waals surface area contributed by atoms with Gasteiger partial charge in [0.1, 0.15) is 12.1 Å². The molecule has 2 heterocycles. The number of fused-ring (bicyclic) bond motifs is 1. The van der Waals surface area contributed by atoms with Crippen LogP contribution in [0, 0.1) is 18.8 Å².